The Labute approximate surface area is 184 Å². The van der Waals surface area contributed by atoms with Crippen molar-refractivity contribution in [1.29, 1.82) is 0 Å². The number of nitrogens with two attached hydrogens (primary N) is 1. The molecule has 10 atom stereocenters. The van der Waals surface area contributed by atoms with Crippen LogP contribution in [0.25, 0.3) is 0 Å². The number of nitrogens with one attached hydrogen (secondary N) is 1. The molecule has 0 aliphatic carbocycles. The van der Waals surface area contributed by atoms with Crippen molar-refractivity contribution in [1.82, 2.24) is 5.32 Å². The number of aliphatic hydroxyl groups excluding tert-OH is 6. The number of carboxylic acid groups (broad SMARTS) is 1. The van der Waals surface area contributed by atoms with E-state index in [0.717, 1.165) is 0 Å². The molecule has 0 radical (unpaired) electrons. The highest BCUT2D eigenvalue weighted by molar-refractivity contribution is 5.72. The smallest absolute Gasteiger partial charge is 0.320 e. The summed E-state index contributed by atoms with van der Waals surface area (Å²) in [5.74, 6) is -3.26. The summed E-state index contributed by atoms with van der Waals surface area (Å²) in [4.78, 5) is 10.7. The first-order chi connectivity index (χ1) is 15.0. The number of aliphatic carboxylic acids is 1. The minimum Gasteiger partial charge on any atom is -0.480 e. The fourth-order valence-electron chi connectivity index (χ4n) is 3.54. The molecule has 32 heavy (non-hydrogen) atoms. The van der Waals surface area contributed by atoms with E-state index in [9.17, 15) is 40.5 Å². The van der Waals surface area contributed by atoms with Gasteiger partial charge in [0.25, 0.3) is 0 Å². The van der Waals surface area contributed by atoms with E-state index in [1.54, 1.807) is 0 Å². The summed E-state index contributed by atoms with van der Waals surface area (Å²) in [6.07, 6.45) is -11.3. The molecular formula is C18H34N2O12. The Morgan fingerprint density at radius 3 is 2.47 bits per heavy atom. The Bertz CT molecular complexity index is 598. The van der Waals surface area contributed by atoms with Gasteiger partial charge in [-0.3, -0.25) is 4.79 Å². The molecule has 188 valence electrons. The average Bonchev–Trinajstić information content (AvgIpc) is 2.76. The fourth-order valence-corrected chi connectivity index (χ4v) is 3.54. The van der Waals surface area contributed by atoms with Gasteiger partial charge >= 0.3 is 5.97 Å². The summed E-state index contributed by atoms with van der Waals surface area (Å²) >= 11 is 0. The van der Waals surface area contributed by atoms with Crippen LogP contribution in [0.2, 0.25) is 0 Å². The molecule has 14 heteroatoms. The standard InChI is InChI=1S/C18H34N2O12/c19-8(16(27)28)3-1-2-4-20-7-18(29)15(26)14(9(22)6-30-18)32-17-13(25)12(24)11(23)10(5-21)31-17/h8-15,17,20-26,29H,1-7,19H2,(H,27,28)/t8-,9+,10+,11-,12-,13+,14+,15-,17-,18+/m0/s1. The number of hydrogen-bond acceptors (Lipinski definition) is 13. The quantitative estimate of drug-likeness (QED) is 0.127. The predicted octanol–water partition coefficient (Wildman–Crippen LogP) is -5.22. The number of ether oxygens (including phenoxy) is 3. The molecule has 2 saturated heterocycles. The summed E-state index contributed by atoms with van der Waals surface area (Å²) in [5, 5.41) is 82.1. The summed E-state index contributed by atoms with van der Waals surface area (Å²) < 4.78 is 15.8. The summed E-state index contributed by atoms with van der Waals surface area (Å²) in [6, 6.07) is -0.954. The lowest BCUT2D eigenvalue weighted by Crippen LogP contribution is -2.67. The van der Waals surface area contributed by atoms with Crippen LogP contribution in [0, 0.1) is 0 Å². The van der Waals surface area contributed by atoms with E-state index in [2.05, 4.69) is 5.32 Å². The van der Waals surface area contributed by atoms with E-state index in [0.29, 0.717) is 19.4 Å². The highest BCUT2D eigenvalue weighted by Gasteiger charge is 2.52. The molecule has 0 aromatic heterocycles. The summed E-state index contributed by atoms with van der Waals surface area (Å²) in [6.45, 7) is -1.02. The molecule has 11 N–H and O–H groups in total. The van der Waals surface area contributed by atoms with Gasteiger partial charge in [-0.25, -0.2) is 0 Å². The first kappa shape index (κ1) is 27.2. The second kappa shape index (κ2) is 11.9. The van der Waals surface area contributed by atoms with E-state index in [1.807, 2.05) is 0 Å². The number of hydrogen-bond donors (Lipinski definition) is 10. The molecule has 0 unspecified atom stereocenters. The van der Waals surface area contributed by atoms with Crippen molar-refractivity contribution >= 4 is 5.97 Å². The Hall–Kier alpha value is -1.01. The second-order valence-electron chi connectivity index (χ2n) is 8.08. The molecule has 2 fully saturated rings. The lowest BCUT2D eigenvalue weighted by atomic mass is 9.95. The van der Waals surface area contributed by atoms with Crippen LogP contribution in [0.4, 0.5) is 0 Å². The van der Waals surface area contributed by atoms with Crippen LogP contribution in [-0.4, -0.2) is 134 Å². The normalized spacial score (nSPS) is 41.4. The molecular weight excluding hydrogens is 436 g/mol. The van der Waals surface area contributed by atoms with Crippen molar-refractivity contribution in [3.05, 3.63) is 0 Å². The first-order valence-electron chi connectivity index (χ1n) is 10.4. The zero-order chi connectivity index (χ0) is 24.1. The van der Waals surface area contributed by atoms with Crippen LogP contribution in [0.3, 0.4) is 0 Å². The highest BCUT2D eigenvalue weighted by atomic mass is 16.7. The Balaban J connectivity index is 1.89. The van der Waals surface area contributed by atoms with Crippen LogP contribution < -0.4 is 11.1 Å². The van der Waals surface area contributed by atoms with Crippen LogP contribution in [0.1, 0.15) is 19.3 Å². The van der Waals surface area contributed by atoms with E-state index < -0.39 is 80.0 Å². The second-order valence-corrected chi connectivity index (χ2v) is 8.08. The van der Waals surface area contributed by atoms with Crippen molar-refractivity contribution in [2.75, 3.05) is 26.3 Å². The Morgan fingerprint density at radius 1 is 1.16 bits per heavy atom. The zero-order valence-electron chi connectivity index (χ0n) is 17.4. The third-order valence-corrected chi connectivity index (χ3v) is 5.61. The van der Waals surface area contributed by atoms with Gasteiger partial charge in [-0.05, 0) is 19.4 Å². The molecule has 2 rings (SSSR count). The number of carboxylic acids is 1. The highest BCUT2D eigenvalue weighted by Crippen LogP contribution is 2.30. The fraction of sp³-hybridized carbons (Fsp3) is 0.944. The van der Waals surface area contributed by atoms with Gasteiger partial charge in [0.2, 0.25) is 5.79 Å². The van der Waals surface area contributed by atoms with E-state index in [4.69, 9.17) is 25.1 Å². The van der Waals surface area contributed by atoms with Gasteiger partial charge in [0.05, 0.1) is 19.8 Å². The lowest BCUT2D eigenvalue weighted by molar-refractivity contribution is -0.367. The number of carbonyl (C=O) groups is 1. The monoisotopic (exact) mass is 470 g/mol. The van der Waals surface area contributed by atoms with Gasteiger partial charge in [-0.2, -0.15) is 0 Å². The minimum absolute atomic E-state index is 0.263. The largest absolute Gasteiger partial charge is 0.480 e. The number of rotatable bonds is 11. The van der Waals surface area contributed by atoms with Crippen LogP contribution in [-0.2, 0) is 19.0 Å². The molecule has 2 aliphatic heterocycles. The van der Waals surface area contributed by atoms with Gasteiger partial charge in [0.1, 0.15) is 48.8 Å². The third-order valence-electron chi connectivity index (χ3n) is 5.61. The first-order valence-corrected chi connectivity index (χ1v) is 10.4. The molecule has 0 amide bonds. The zero-order valence-corrected chi connectivity index (χ0v) is 17.4. The Morgan fingerprint density at radius 2 is 1.84 bits per heavy atom. The maximum atomic E-state index is 10.7. The molecule has 0 aromatic rings. The van der Waals surface area contributed by atoms with Gasteiger partial charge in [0, 0.05) is 0 Å². The van der Waals surface area contributed by atoms with E-state index in [1.165, 1.54) is 0 Å². The molecule has 0 saturated carbocycles. The van der Waals surface area contributed by atoms with Crippen molar-refractivity contribution < 1.29 is 59.9 Å². The average molecular weight is 470 g/mol. The Kier molecular flexibility index (Phi) is 10.1. The molecule has 2 heterocycles. The molecule has 0 aromatic carbocycles. The van der Waals surface area contributed by atoms with E-state index >= 15 is 0 Å². The van der Waals surface area contributed by atoms with Crippen molar-refractivity contribution in [2.24, 2.45) is 5.73 Å². The molecule has 2 aliphatic rings. The van der Waals surface area contributed by atoms with Crippen molar-refractivity contribution in [2.45, 2.75) is 80.1 Å². The van der Waals surface area contributed by atoms with Crippen molar-refractivity contribution in [3.8, 4) is 0 Å². The molecule has 14 nitrogen and oxygen atoms in total. The van der Waals surface area contributed by atoms with Gasteiger partial charge < -0.3 is 66.1 Å². The maximum absolute atomic E-state index is 10.7. The van der Waals surface area contributed by atoms with Gasteiger partial charge in [-0.1, -0.05) is 6.42 Å². The lowest BCUT2D eigenvalue weighted by Gasteiger charge is -2.46. The molecule has 0 bridgehead atoms. The predicted molar refractivity (Wildman–Crippen MR) is 104 cm³/mol. The van der Waals surface area contributed by atoms with E-state index in [-0.39, 0.29) is 13.0 Å². The SMILES string of the molecule is N[C@@H](CCCCNC[C@@]1(O)OC[C@@H](O)[C@@H](O[C@@H]2O[C@H](CO)[C@H](O)[C@H](O)[C@H]2O)[C@@H]1O)C(=O)O. The van der Waals surface area contributed by atoms with Crippen LogP contribution >= 0.6 is 0 Å². The summed E-state index contributed by atoms with van der Waals surface area (Å²) in [7, 11) is 0. The third kappa shape index (κ3) is 6.53. The van der Waals surface area contributed by atoms with Gasteiger partial charge in [0.15, 0.2) is 6.29 Å². The number of unbranched alkanes of at least 4 members (excludes halogenated alkanes) is 1. The van der Waals surface area contributed by atoms with Gasteiger partial charge in [-0.15, -0.1) is 0 Å². The number of aliphatic hydroxyl groups is 7. The maximum Gasteiger partial charge on any atom is 0.320 e. The topological polar surface area (TPSA) is 245 Å². The minimum atomic E-state index is -2.17. The van der Waals surface area contributed by atoms with Crippen molar-refractivity contribution in [3.63, 3.8) is 0 Å². The van der Waals surface area contributed by atoms with Crippen LogP contribution in [0.5, 0.6) is 0 Å². The molecule has 0 spiro atoms. The van der Waals surface area contributed by atoms with Crippen LogP contribution in [0.15, 0.2) is 0 Å². The summed E-state index contributed by atoms with van der Waals surface area (Å²) in [5.41, 5.74) is 5.41.